The van der Waals surface area contributed by atoms with Crippen LogP contribution in [0.2, 0.25) is 0 Å². The number of nitrogens with two attached hydrogens (primary N) is 1. The van der Waals surface area contributed by atoms with Crippen molar-refractivity contribution in [3.8, 4) is 0 Å². The first-order chi connectivity index (χ1) is 8.96. The Hall–Kier alpha value is -0.860. The Kier molecular flexibility index (Phi) is 4.32. The summed E-state index contributed by atoms with van der Waals surface area (Å²) in [5, 5.41) is 12.7. The number of nitrogens with zero attached hydrogens (tertiary/aromatic N) is 1. The van der Waals surface area contributed by atoms with Crippen LogP contribution in [0.3, 0.4) is 0 Å². The van der Waals surface area contributed by atoms with Gasteiger partial charge < -0.3 is 16.2 Å². The van der Waals surface area contributed by atoms with Crippen molar-refractivity contribution >= 4 is 32.2 Å². The molecule has 1 aliphatic rings. The second kappa shape index (κ2) is 5.64. The van der Waals surface area contributed by atoms with Crippen molar-refractivity contribution in [1.82, 2.24) is 4.37 Å². The number of nitrogen functional groups attached to an aromatic ring is 1. The van der Waals surface area contributed by atoms with E-state index in [1.54, 1.807) is 0 Å². The summed E-state index contributed by atoms with van der Waals surface area (Å²) in [5.74, 6) is 0.0791. The maximum Gasteiger partial charge on any atom is 0.187 e. The first-order valence-corrected chi connectivity index (χ1v) is 8.69. The zero-order valence-corrected chi connectivity index (χ0v) is 12.4. The molecule has 8 heteroatoms. The molecule has 0 radical (unpaired) electrons. The molecule has 19 heavy (non-hydrogen) atoms. The first-order valence-electron chi connectivity index (χ1n) is 6.37. The van der Waals surface area contributed by atoms with E-state index in [1.807, 2.05) is 6.92 Å². The second-order valence-corrected chi connectivity index (χ2v) is 7.69. The topological polar surface area (TPSA) is 105 Å². The highest BCUT2D eigenvalue weighted by atomic mass is 32.2. The lowest BCUT2D eigenvalue weighted by molar-refractivity contribution is 0.164. The lowest BCUT2D eigenvalue weighted by atomic mass is 10.2. The van der Waals surface area contributed by atoms with Crippen LogP contribution < -0.4 is 11.1 Å². The lowest BCUT2D eigenvalue weighted by Gasteiger charge is -2.10. The molecule has 1 atom stereocenters. The molecule has 0 spiro atoms. The Morgan fingerprint density at radius 2 is 2.26 bits per heavy atom. The highest BCUT2D eigenvalue weighted by molar-refractivity contribution is 7.92. The second-order valence-electron chi connectivity index (χ2n) is 4.75. The summed E-state index contributed by atoms with van der Waals surface area (Å²) in [5.41, 5.74) is 5.68. The number of aromatic nitrogens is 1. The molecule has 0 saturated heterocycles. The minimum Gasteiger partial charge on any atom is -0.393 e. The fraction of sp³-hybridized carbons (Fsp3) is 0.727. The first kappa shape index (κ1) is 14.5. The van der Waals surface area contributed by atoms with Crippen LogP contribution in [0.5, 0.6) is 0 Å². The van der Waals surface area contributed by atoms with E-state index in [1.165, 1.54) is 0 Å². The van der Waals surface area contributed by atoms with E-state index in [4.69, 9.17) is 5.73 Å². The Bertz CT molecular complexity index is 537. The fourth-order valence-corrected chi connectivity index (χ4v) is 4.69. The molecule has 0 amide bonds. The summed E-state index contributed by atoms with van der Waals surface area (Å²) in [6.45, 7) is 2.40. The monoisotopic (exact) mass is 305 g/mol. The Balaban J connectivity index is 2.10. The van der Waals surface area contributed by atoms with Crippen molar-refractivity contribution in [3.05, 3.63) is 0 Å². The van der Waals surface area contributed by atoms with Crippen LogP contribution in [0, 0.1) is 0 Å². The van der Waals surface area contributed by atoms with Gasteiger partial charge >= 0.3 is 0 Å². The van der Waals surface area contributed by atoms with E-state index in [0.717, 1.165) is 11.5 Å². The van der Waals surface area contributed by atoms with Crippen LogP contribution in [-0.4, -0.2) is 35.8 Å². The summed E-state index contributed by atoms with van der Waals surface area (Å²) >= 11 is 1.06. The zero-order chi connectivity index (χ0) is 14.0. The van der Waals surface area contributed by atoms with Crippen molar-refractivity contribution in [1.29, 1.82) is 0 Å². The minimum absolute atomic E-state index is 0.0791. The van der Waals surface area contributed by atoms with E-state index in [-0.39, 0.29) is 22.1 Å². The van der Waals surface area contributed by atoms with E-state index in [2.05, 4.69) is 9.69 Å². The molecule has 1 aromatic rings. The van der Waals surface area contributed by atoms with E-state index in [0.29, 0.717) is 37.2 Å². The van der Waals surface area contributed by atoms with Gasteiger partial charge in [0.2, 0.25) is 0 Å². The predicted octanol–water partition coefficient (Wildman–Crippen LogP) is 1.23. The summed E-state index contributed by atoms with van der Waals surface area (Å²) in [7, 11) is -3.34. The smallest absolute Gasteiger partial charge is 0.187 e. The molecule has 1 fully saturated rings. The number of rotatable bonds is 7. The molecule has 6 nitrogen and oxygen atoms in total. The number of hydrogen-bond acceptors (Lipinski definition) is 7. The van der Waals surface area contributed by atoms with Gasteiger partial charge in [-0.25, -0.2) is 8.42 Å². The average molecular weight is 305 g/mol. The molecule has 1 heterocycles. The van der Waals surface area contributed by atoms with E-state index < -0.39 is 9.84 Å². The van der Waals surface area contributed by atoms with Crippen molar-refractivity contribution < 1.29 is 13.5 Å². The standard InChI is InChI=1S/C11H19N3O3S2/c1-2-7(15)5-6-13-11-9(10(12)14-18-11)19(16,17)8-3-4-8/h7-8,13,15H,2-6H2,1H3,(H2,12,14). The third kappa shape index (κ3) is 3.18. The van der Waals surface area contributed by atoms with Crippen LogP contribution in [-0.2, 0) is 9.84 Å². The normalized spacial score (nSPS) is 17.4. The molecular formula is C11H19N3O3S2. The Morgan fingerprint density at radius 3 is 2.84 bits per heavy atom. The van der Waals surface area contributed by atoms with Gasteiger partial charge in [-0.2, -0.15) is 4.37 Å². The number of nitrogens with one attached hydrogen (secondary N) is 1. The van der Waals surface area contributed by atoms with Crippen LogP contribution in [0.15, 0.2) is 4.90 Å². The van der Waals surface area contributed by atoms with Gasteiger partial charge in [-0.05, 0) is 37.2 Å². The molecule has 1 saturated carbocycles. The largest absolute Gasteiger partial charge is 0.393 e. The van der Waals surface area contributed by atoms with Crippen molar-refractivity contribution in [2.75, 3.05) is 17.6 Å². The van der Waals surface area contributed by atoms with Gasteiger partial charge in [0.25, 0.3) is 0 Å². The molecule has 1 aromatic heterocycles. The lowest BCUT2D eigenvalue weighted by Crippen LogP contribution is -2.15. The minimum atomic E-state index is -3.34. The number of aliphatic hydroxyl groups is 1. The van der Waals surface area contributed by atoms with Gasteiger partial charge in [-0.3, -0.25) is 0 Å². The SMILES string of the molecule is CCC(O)CCNc1snc(N)c1S(=O)(=O)C1CC1. The zero-order valence-electron chi connectivity index (χ0n) is 10.8. The molecule has 0 bridgehead atoms. The third-order valence-electron chi connectivity index (χ3n) is 3.16. The molecule has 4 N–H and O–H groups in total. The van der Waals surface area contributed by atoms with Crippen LogP contribution in [0.4, 0.5) is 10.8 Å². The highest BCUT2D eigenvalue weighted by Gasteiger charge is 2.40. The maximum absolute atomic E-state index is 12.2. The van der Waals surface area contributed by atoms with Gasteiger partial charge in [0.1, 0.15) is 9.90 Å². The summed E-state index contributed by atoms with van der Waals surface area (Å²) < 4.78 is 28.4. The predicted molar refractivity (Wildman–Crippen MR) is 76.1 cm³/mol. The number of hydrogen-bond donors (Lipinski definition) is 3. The Labute approximate surface area is 117 Å². The molecule has 108 valence electrons. The molecular weight excluding hydrogens is 286 g/mol. The summed E-state index contributed by atoms with van der Waals surface area (Å²) in [6.07, 6.45) is 2.27. The van der Waals surface area contributed by atoms with Gasteiger partial charge in [0.05, 0.1) is 11.4 Å². The number of aliphatic hydroxyl groups excluding tert-OH is 1. The number of anilines is 2. The van der Waals surface area contributed by atoms with E-state index >= 15 is 0 Å². The summed E-state index contributed by atoms with van der Waals surface area (Å²) in [4.78, 5) is 0.144. The third-order valence-corrected chi connectivity index (χ3v) is 6.44. The number of sulfone groups is 1. The van der Waals surface area contributed by atoms with Gasteiger partial charge in [0.15, 0.2) is 15.7 Å². The van der Waals surface area contributed by atoms with Crippen molar-refractivity contribution in [2.24, 2.45) is 0 Å². The Morgan fingerprint density at radius 1 is 1.58 bits per heavy atom. The van der Waals surface area contributed by atoms with Gasteiger partial charge in [0, 0.05) is 6.54 Å². The van der Waals surface area contributed by atoms with Crippen LogP contribution >= 0.6 is 11.5 Å². The average Bonchev–Trinajstić information content (AvgIpc) is 3.15. The highest BCUT2D eigenvalue weighted by Crippen LogP contribution is 2.40. The van der Waals surface area contributed by atoms with Crippen molar-refractivity contribution in [2.45, 2.75) is 48.9 Å². The van der Waals surface area contributed by atoms with Crippen LogP contribution in [0.25, 0.3) is 0 Å². The molecule has 1 unspecified atom stereocenters. The van der Waals surface area contributed by atoms with Gasteiger partial charge in [-0.15, -0.1) is 0 Å². The molecule has 0 aliphatic heterocycles. The molecule has 1 aliphatic carbocycles. The molecule has 2 rings (SSSR count). The fourth-order valence-electron chi connectivity index (χ4n) is 1.78. The van der Waals surface area contributed by atoms with Crippen LogP contribution in [0.1, 0.15) is 32.6 Å². The molecule has 0 aromatic carbocycles. The maximum atomic E-state index is 12.2. The van der Waals surface area contributed by atoms with Crippen molar-refractivity contribution in [3.63, 3.8) is 0 Å². The quantitative estimate of drug-likeness (QED) is 0.700. The van der Waals surface area contributed by atoms with Gasteiger partial charge in [-0.1, -0.05) is 6.92 Å². The summed E-state index contributed by atoms with van der Waals surface area (Å²) in [6, 6.07) is 0. The van der Waals surface area contributed by atoms with E-state index in [9.17, 15) is 13.5 Å².